The van der Waals surface area contributed by atoms with Crippen LogP contribution < -0.4 is 0 Å². The van der Waals surface area contributed by atoms with Crippen LogP contribution in [0.3, 0.4) is 0 Å². The molecule has 0 aliphatic heterocycles. The SMILES string of the molecule is CC=CC1C(C)=C1C. The van der Waals surface area contributed by atoms with Gasteiger partial charge in [-0.3, -0.25) is 0 Å². The first kappa shape index (κ1) is 5.61. The van der Waals surface area contributed by atoms with E-state index < -0.39 is 0 Å². The zero-order chi connectivity index (χ0) is 6.15. The Hall–Kier alpha value is -0.520. The monoisotopic (exact) mass is 108 g/mol. The molecule has 0 aromatic heterocycles. The van der Waals surface area contributed by atoms with Gasteiger partial charge < -0.3 is 0 Å². The first-order valence-corrected chi connectivity index (χ1v) is 3.07. The van der Waals surface area contributed by atoms with Crippen molar-refractivity contribution >= 4 is 0 Å². The summed E-state index contributed by atoms with van der Waals surface area (Å²) >= 11 is 0. The highest BCUT2D eigenvalue weighted by Crippen LogP contribution is 2.38. The van der Waals surface area contributed by atoms with E-state index in [0.717, 1.165) is 5.92 Å². The van der Waals surface area contributed by atoms with Gasteiger partial charge in [-0.25, -0.2) is 0 Å². The van der Waals surface area contributed by atoms with Gasteiger partial charge in [0.2, 0.25) is 0 Å². The fraction of sp³-hybridized carbons (Fsp3) is 0.500. The average Bonchev–Trinajstić information content (AvgIpc) is 2.25. The molecule has 0 amide bonds. The highest BCUT2D eigenvalue weighted by Gasteiger charge is 2.24. The molecular formula is C8H12. The Morgan fingerprint density at radius 2 is 1.75 bits per heavy atom. The molecule has 1 aliphatic rings. The van der Waals surface area contributed by atoms with E-state index >= 15 is 0 Å². The Bertz CT molecular complexity index is 137. The summed E-state index contributed by atoms with van der Waals surface area (Å²) in [7, 11) is 0. The zero-order valence-corrected chi connectivity index (χ0v) is 5.73. The van der Waals surface area contributed by atoms with Crippen molar-refractivity contribution in [3.8, 4) is 0 Å². The second-order valence-electron chi connectivity index (χ2n) is 2.37. The molecule has 0 N–H and O–H groups in total. The topological polar surface area (TPSA) is 0 Å². The molecule has 0 fully saturated rings. The standard InChI is InChI=1S/C8H12/c1-4-5-8-6(2)7(8)3/h4-5,8H,1-3H3. The highest BCUT2D eigenvalue weighted by molar-refractivity contribution is 5.42. The molecule has 0 heteroatoms. The van der Waals surface area contributed by atoms with Crippen molar-refractivity contribution in [2.45, 2.75) is 20.8 Å². The van der Waals surface area contributed by atoms with Crippen LogP contribution >= 0.6 is 0 Å². The van der Waals surface area contributed by atoms with Crippen LogP contribution in [0.1, 0.15) is 20.8 Å². The van der Waals surface area contributed by atoms with Gasteiger partial charge in [-0.2, -0.15) is 0 Å². The lowest BCUT2D eigenvalue weighted by Gasteiger charge is -1.81. The summed E-state index contributed by atoms with van der Waals surface area (Å²) in [6, 6.07) is 0. The Morgan fingerprint density at radius 1 is 1.25 bits per heavy atom. The first-order valence-electron chi connectivity index (χ1n) is 3.07. The van der Waals surface area contributed by atoms with Gasteiger partial charge >= 0.3 is 0 Å². The minimum Gasteiger partial charge on any atom is -0.0907 e. The average molecular weight is 108 g/mol. The van der Waals surface area contributed by atoms with Crippen LogP contribution in [0, 0.1) is 5.92 Å². The predicted molar refractivity (Wildman–Crippen MR) is 36.7 cm³/mol. The Balaban J connectivity index is 2.42. The number of rotatable bonds is 1. The molecule has 0 aromatic rings. The molecule has 1 aliphatic carbocycles. The summed E-state index contributed by atoms with van der Waals surface area (Å²) in [5.41, 5.74) is 3.12. The van der Waals surface area contributed by atoms with Crippen LogP contribution in [0.25, 0.3) is 0 Å². The summed E-state index contributed by atoms with van der Waals surface area (Å²) in [4.78, 5) is 0. The van der Waals surface area contributed by atoms with Gasteiger partial charge in [-0.1, -0.05) is 23.3 Å². The van der Waals surface area contributed by atoms with Crippen molar-refractivity contribution in [2.75, 3.05) is 0 Å². The number of allylic oxidation sites excluding steroid dienone is 4. The first-order chi connectivity index (χ1) is 3.77. The van der Waals surface area contributed by atoms with E-state index in [4.69, 9.17) is 0 Å². The van der Waals surface area contributed by atoms with E-state index in [1.165, 1.54) is 0 Å². The zero-order valence-electron chi connectivity index (χ0n) is 5.73. The lowest BCUT2D eigenvalue weighted by atomic mass is 10.2. The van der Waals surface area contributed by atoms with E-state index in [-0.39, 0.29) is 0 Å². The molecule has 0 saturated carbocycles. The molecule has 0 saturated heterocycles. The Morgan fingerprint density at radius 3 is 1.88 bits per heavy atom. The second kappa shape index (κ2) is 1.77. The second-order valence-corrected chi connectivity index (χ2v) is 2.37. The lowest BCUT2D eigenvalue weighted by molar-refractivity contribution is 1.12. The minimum atomic E-state index is 0.736. The molecule has 0 unspecified atom stereocenters. The van der Waals surface area contributed by atoms with Gasteiger partial charge in [0, 0.05) is 5.92 Å². The molecule has 0 heterocycles. The van der Waals surface area contributed by atoms with Crippen molar-refractivity contribution in [2.24, 2.45) is 5.92 Å². The Kier molecular flexibility index (Phi) is 1.24. The fourth-order valence-electron chi connectivity index (χ4n) is 0.985. The van der Waals surface area contributed by atoms with Crippen LogP contribution in [-0.4, -0.2) is 0 Å². The van der Waals surface area contributed by atoms with E-state index in [1.807, 2.05) is 0 Å². The van der Waals surface area contributed by atoms with E-state index in [1.54, 1.807) is 11.1 Å². The maximum atomic E-state index is 2.24. The van der Waals surface area contributed by atoms with Gasteiger partial charge in [-0.05, 0) is 20.8 Å². The predicted octanol–water partition coefficient (Wildman–Crippen LogP) is 2.53. The van der Waals surface area contributed by atoms with Gasteiger partial charge in [-0.15, -0.1) is 0 Å². The molecule has 0 atom stereocenters. The molecule has 0 nitrogen and oxygen atoms in total. The molecule has 0 aromatic carbocycles. The van der Waals surface area contributed by atoms with Crippen LogP contribution in [0.2, 0.25) is 0 Å². The number of hydrogen-bond donors (Lipinski definition) is 0. The smallest absolute Gasteiger partial charge is 0.0187 e. The minimum absolute atomic E-state index is 0.736. The molecule has 0 spiro atoms. The van der Waals surface area contributed by atoms with Gasteiger partial charge in [0.05, 0.1) is 0 Å². The highest BCUT2D eigenvalue weighted by atomic mass is 14.3. The maximum absolute atomic E-state index is 2.24. The maximum Gasteiger partial charge on any atom is 0.0187 e. The Labute approximate surface area is 50.9 Å². The molecule has 0 radical (unpaired) electrons. The molecule has 0 bridgehead atoms. The van der Waals surface area contributed by atoms with Crippen LogP contribution in [0.15, 0.2) is 23.3 Å². The van der Waals surface area contributed by atoms with E-state index in [0.29, 0.717) is 0 Å². The van der Waals surface area contributed by atoms with Crippen molar-refractivity contribution in [1.82, 2.24) is 0 Å². The quantitative estimate of drug-likeness (QED) is 0.453. The number of hydrogen-bond acceptors (Lipinski definition) is 0. The third kappa shape index (κ3) is 0.706. The van der Waals surface area contributed by atoms with Gasteiger partial charge in [0.1, 0.15) is 0 Å². The van der Waals surface area contributed by atoms with Crippen molar-refractivity contribution < 1.29 is 0 Å². The molecular weight excluding hydrogens is 96.1 g/mol. The van der Waals surface area contributed by atoms with Gasteiger partial charge in [0.15, 0.2) is 0 Å². The summed E-state index contributed by atoms with van der Waals surface area (Å²) in [6.07, 6.45) is 4.36. The van der Waals surface area contributed by atoms with Crippen LogP contribution in [0.4, 0.5) is 0 Å². The van der Waals surface area contributed by atoms with Crippen molar-refractivity contribution in [3.63, 3.8) is 0 Å². The van der Waals surface area contributed by atoms with E-state index in [9.17, 15) is 0 Å². The summed E-state index contributed by atoms with van der Waals surface area (Å²) in [5.74, 6) is 0.736. The van der Waals surface area contributed by atoms with Gasteiger partial charge in [0.25, 0.3) is 0 Å². The molecule has 1 rings (SSSR count). The molecule has 44 valence electrons. The van der Waals surface area contributed by atoms with E-state index in [2.05, 4.69) is 32.9 Å². The summed E-state index contributed by atoms with van der Waals surface area (Å²) in [6.45, 7) is 6.46. The third-order valence-corrected chi connectivity index (χ3v) is 1.86. The molecule has 8 heavy (non-hydrogen) atoms. The lowest BCUT2D eigenvalue weighted by Crippen LogP contribution is -1.69. The normalized spacial score (nSPS) is 20.9. The van der Waals surface area contributed by atoms with Crippen molar-refractivity contribution in [3.05, 3.63) is 23.3 Å². The van der Waals surface area contributed by atoms with Crippen molar-refractivity contribution in [1.29, 1.82) is 0 Å². The summed E-state index contributed by atoms with van der Waals surface area (Å²) < 4.78 is 0. The third-order valence-electron chi connectivity index (χ3n) is 1.86. The fourth-order valence-corrected chi connectivity index (χ4v) is 0.985. The van der Waals surface area contributed by atoms with Crippen LogP contribution in [-0.2, 0) is 0 Å². The summed E-state index contributed by atoms with van der Waals surface area (Å²) in [5, 5.41) is 0. The largest absolute Gasteiger partial charge is 0.0907 e. The van der Waals surface area contributed by atoms with Crippen LogP contribution in [0.5, 0.6) is 0 Å².